The van der Waals surface area contributed by atoms with Crippen molar-refractivity contribution in [2.24, 2.45) is 11.1 Å². The van der Waals surface area contributed by atoms with Crippen LogP contribution in [0.2, 0.25) is 5.02 Å². The Morgan fingerprint density at radius 1 is 1.29 bits per heavy atom. The van der Waals surface area contributed by atoms with Crippen LogP contribution in [0.4, 0.5) is 0 Å². The van der Waals surface area contributed by atoms with E-state index in [1.54, 1.807) is 0 Å². The van der Waals surface area contributed by atoms with Gasteiger partial charge < -0.3 is 5.73 Å². The summed E-state index contributed by atoms with van der Waals surface area (Å²) in [6.07, 6.45) is 7.53. The van der Waals surface area contributed by atoms with E-state index in [1.165, 1.54) is 37.7 Å². The molecule has 0 saturated heterocycles. The molecule has 1 fully saturated rings. The first-order chi connectivity index (χ1) is 8.10. The van der Waals surface area contributed by atoms with E-state index >= 15 is 0 Å². The first kappa shape index (κ1) is 12.9. The molecule has 0 radical (unpaired) electrons. The van der Waals surface area contributed by atoms with Crippen LogP contribution in [0.5, 0.6) is 0 Å². The normalized spacial score (nSPS) is 21.1. The van der Waals surface area contributed by atoms with Gasteiger partial charge in [0.25, 0.3) is 0 Å². The summed E-state index contributed by atoms with van der Waals surface area (Å²) in [6.45, 7) is 2.35. The van der Waals surface area contributed by atoms with E-state index in [0.29, 0.717) is 5.41 Å². The van der Waals surface area contributed by atoms with Crippen LogP contribution in [-0.4, -0.2) is 6.04 Å². The van der Waals surface area contributed by atoms with Gasteiger partial charge >= 0.3 is 0 Å². The van der Waals surface area contributed by atoms with Crippen LogP contribution in [-0.2, 0) is 6.42 Å². The highest BCUT2D eigenvalue weighted by atomic mass is 35.5. The molecule has 1 unspecified atom stereocenters. The predicted molar refractivity (Wildman–Crippen MR) is 74.3 cm³/mol. The molecular weight excluding hydrogens is 230 g/mol. The van der Waals surface area contributed by atoms with Gasteiger partial charge in [-0.1, -0.05) is 49.9 Å². The predicted octanol–water partition coefficient (Wildman–Crippen LogP) is 4.18. The van der Waals surface area contributed by atoms with E-state index in [0.717, 1.165) is 11.4 Å². The van der Waals surface area contributed by atoms with Crippen molar-refractivity contribution in [2.45, 2.75) is 51.5 Å². The van der Waals surface area contributed by atoms with Gasteiger partial charge in [0.05, 0.1) is 0 Å². The summed E-state index contributed by atoms with van der Waals surface area (Å²) in [4.78, 5) is 0. The Morgan fingerprint density at radius 3 is 2.65 bits per heavy atom. The number of halogens is 1. The smallest absolute Gasteiger partial charge is 0.0408 e. The minimum atomic E-state index is 0.251. The van der Waals surface area contributed by atoms with Gasteiger partial charge in [0.2, 0.25) is 0 Å². The molecule has 0 aliphatic heterocycles. The summed E-state index contributed by atoms with van der Waals surface area (Å²) in [5, 5.41) is 0.809. The second kappa shape index (κ2) is 5.41. The molecule has 1 saturated carbocycles. The van der Waals surface area contributed by atoms with Crippen LogP contribution in [0.1, 0.15) is 44.6 Å². The molecule has 2 rings (SSSR count). The van der Waals surface area contributed by atoms with Crippen LogP contribution in [0.25, 0.3) is 0 Å². The lowest BCUT2D eigenvalue weighted by Gasteiger charge is -2.39. The lowest BCUT2D eigenvalue weighted by Crippen LogP contribution is -2.42. The zero-order valence-corrected chi connectivity index (χ0v) is 11.3. The van der Waals surface area contributed by atoms with E-state index in [2.05, 4.69) is 13.0 Å². The third-order valence-corrected chi connectivity index (χ3v) is 4.47. The molecule has 1 nitrogen and oxygen atoms in total. The van der Waals surface area contributed by atoms with Gasteiger partial charge in [-0.3, -0.25) is 0 Å². The number of nitrogens with two attached hydrogens (primary N) is 1. The van der Waals surface area contributed by atoms with Gasteiger partial charge in [0.15, 0.2) is 0 Å². The number of rotatable bonds is 3. The van der Waals surface area contributed by atoms with Gasteiger partial charge in [-0.05, 0) is 42.4 Å². The Labute approximate surface area is 109 Å². The molecule has 1 aliphatic carbocycles. The van der Waals surface area contributed by atoms with E-state index < -0.39 is 0 Å². The van der Waals surface area contributed by atoms with Crippen molar-refractivity contribution in [3.05, 3.63) is 34.9 Å². The van der Waals surface area contributed by atoms with Gasteiger partial charge in [0.1, 0.15) is 0 Å². The summed E-state index contributed by atoms with van der Waals surface area (Å²) in [6, 6.07) is 8.33. The Hall–Kier alpha value is -0.530. The monoisotopic (exact) mass is 251 g/mol. The number of hydrogen-bond acceptors (Lipinski definition) is 1. The minimum absolute atomic E-state index is 0.251. The molecule has 1 aliphatic rings. The number of benzene rings is 1. The summed E-state index contributed by atoms with van der Waals surface area (Å²) in [5.74, 6) is 0. The molecule has 0 spiro atoms. The van der Waals surface area contributed by atoms with Crippen molar-refractivity contribution in [2.75, 3.05) is 0 Å². The standard InChI is InChI=1S/C15H22ClN/c1-15(8-3-2-4-9-15)14(17)11-12-6-5-7-13(16)10-12/h5-7,10,14H,2-4,8-9,11,17H2,1H3. The Kier molecular flexibility index (Phi) is 4.11. The maximum absolute atomic E-state index is 6.42. The van der Waals surface area contributed by atoms with Crippen LogP contribution in [0, 0.1) is 5.41 Å². The lowest BCUT2D eigenvalue weighted by molar-refractivity contribution is 0.169. The Balaban J connectivity index is 2.02. The van der Waals surface area contributed by atoms with E-state index in [9.17, 15) is 0 Å². The van der Waals surface area contributed by atoms with Crippen molar-refractivity contribution in [3.8, 4) is 0 Å². The largest absolute Gasteiger partial charge is 0.327 e. The molecule has 1 atom stereocenters. The van der Waals surface area contributed by atoms with Crippen molar-refractivity contribution >= 4 is 11.6 Å². The maximum atomic E-state index is 6.42. The topological polar surface area (TPSA) is 26.0 Å². The minimum Gasteiger partial charge on any atom is -0.327 e. The second-order valence-electron chi connectivity index (χ2n) is 5.66. The molecule has 0 heterocycles. The zero-order valence-electron chi connectivity index (χ0n) is 10.6. The fourth-order valence-corrected chi connectivity index (χ4v) is 3.11. The highest BCUT2D eigenvalue weighted by Crippen LogP contribution is 2.39. The molecule has 94 valence electrons. The SMILES string of the molecule is CC1(C(N)Cc2cccc(Cl)c2)CCCCC1. The third kappa shape index (κ3) is 3.23. The highest BCUT2D eigenvalue weighted by molar-refractivity contribution is 6.30. The molecule has 0 bridgehead atoms. The molecule has 17 heavy (non-hydrogen) atoms. The van der Waals surface area contributed by atoms with Gasteiger partial charge in [0, 0.05) is 11.1 Å². The van der Waals surface area contributed by atoms with E-state index in [-0.39, 0.29) is 6.04 Å². The summed E-state index contributed by atoms with van der Waals surface area (Å²) < 4.78 is 0. The molecule has 1 aromatic carbocycles. The fraction of sp³-hybridized carbons (Fsp3) is 0.600. The molecule has 2 heteroatoms. The third-order valence-electron chi connectivity index (χ3n) is 4.24. The molecule has 2 N–H and O–H groups in total. The van der Waals surface area contributed by atoms with E-state index in [1.807, 2.05) is 18.2 Å². The van der Waals surface area contributed by atoms with Crippen molar-refractivity contribution < 1.29 is 0 Å². The zero-order chi connectivity index (χ0) is 12.3. The van der Waals surface area contributed by atoms with E-state index in [4.69, 9.17) is 17.3 Å². The first-order valence-corrected chi connectivity index (χ1v) is 6.98. The molecule has 1 aromatic rings. The summed E-state index contributed by atoms with van der Waals surface area (Å²) in [7, 11) is 0. The molecular formula is C15H22ClN. The quantitative estimate of drug-likeness (QED) is 0.857. The average Bonchev–Trinajstić information content (AvgIpc) is 2.30. The Bertz CT molecular complexity index is 369. The van der Waals surface area contributed by atoms with Crippen LogP contribution >= 0.6 is 11.6 Å². The second-order valence-corrected chi connectivity index (χ2v) is 6.09. The highest BCUT2D eigenvalue weighted by Gasteiger charge is 2.32. The van der Waals surface area contributed by atoms with Crippen LogP contribution < -0.4 is 5.73 Å². The van der Waals surface area contributed by atoms with Gasteiger partial charge in [-0.2, -0.15) is 0 Å². The lowest BCUT2D eigenvalue weighted by atomic mass is 9.69. The van der Waals surface area contributed by atoms with Crippen LogP contribution in [0.15, 0.2) is 24.3 Å². The fourth-order valence-electron chi connectivity index (χ4n) is 2.89. The van der Waals surface area contributed by atoms with Gasteiger partial charge in [-0.25, -0.2) is 0 Å². The van der Waals surface area contributed by atoms with Gasteiger partial charge in [-0.15, -0.1) is 0 Å². The van der Waals surface area contributed by atoms with Crippen LogP contribution in [0.3, 0.4) is 0 Å². The summed E-state index contributed by atoms with van der Waals surface area (Å²) in [5.41, 5.74) is 8.00. The number of hydrogen-bond donors (Lipinski definition) is 1. The Morgan fingerprint density at radius 2 is 2.00 bits per heavy atom. The summed E-state index contributed by atoms with van der Waals surface area (Å²) >= 11 is 6.01. The molecule has 0 aromatic heterocycles. The molecule has 0 amide bonds. The first-order valence-electron chi connectivity index (χ1n) is 6.60. The van der Waals surface area contributed by atoms with Crippen molar-refractivity contribution in [3.63, 3.8) is 0 Å². The van der Waals surface area contributed by atoms with Crippen molar-refractivity contribution in [1.29, 1.82) is 0 Å². The maximum Gasteiger partial charge on any atom is 0.0408 e. The van der Waals surface area contributed by atoms with Crippen molar-refractivity contribution in [1.82, 2.24) is 0 Å². The average molecular weight is 252 g/mol.